The molecule has 0 aromatic heterocycles. The average molecular weight is 222 g/mol. The van der Waals surface area contributed by atoms with E-state index in [1.54, 1.807) is 6.07 Å². The number of hydrogen-bond acceptors (Lipinski definition) is 4. The number of nitro benzene ring substituents is 1. The van der Waals surface area contributed by atoms with Crippen LogP contribution in [0.5, 0.6) is 5.75 Å². The van der Waals surface area contributed by atoms with Crippen molar-refractivity contribution in [1.82, 2.24) is 0 Å². The van der Waals surface area contributed by atoms with Crippen LogP contribution in [0.25, 0.3) is 0 Å². The highest BCUT2D eigenvalue weighted by atomic mass is 16.6. The standard InChI is InChI=1S/C11H14N2O3/c1-11(2)9(10(11)12)6-3-4-7(13(15)16)8(14)5-6/h3-5,9-10,14H,12H2,1-2H3/t9-,10-/m1/s1. The molecule has 2 atom stereocenters. The molecule has 2 rings (SSSR count). The van der Waals surface area contributed by atoms with Gasteiger partial charge in [-0.3, -0.25) is 10.1 Å². The van der Waals surface area contributed by atoms with Crippen molar-refractivity contribution < 1.29 is 10.0 Å². The van der Waals surface area contributed by atoms with Crippen molar-refractivity contribution in [1.29, 1.82) is 0 Å². The fourth-order valence-corrected chi connectivity index (χ4v) is 2.20. The van der Waals surface area contributed by atoms with Gasteiger partial charge in [-0.1, -0.05) is 19.9 Å². The SMILES string of the molecule is CC1(C)[C@H](N)[C@H]1c1ccc([N+](=O)[O-])c(O)c1. The normalized spacial score (nSPS) is 26.4. The molecule has 0 unspecified atom stereocenters. The smallest absolute Gasteiger partial charge is 0.310 e. The van der Waals surface area contributed by atoms with Crippen LogP contribution in [0.2, 0.25) is 0 Å². The molecule has 0 amide bonds. The second-order valence-corrected chi connectivity index (χ2v) is 4.83. The van der Waals surface area contributed by atoms with Crippen molar-refractivity contribution in [2.24, 2.45) is 11.1 Å². The van der Waals surface area contributed by atoms with E-state index in [1.165, 1.54) is 12.1 Å². The van der Waals surface area contributed by atoms with E-state index in [-0.39, 0.29) is 28.8 Å². The number of rotatable bonds is 2. The molecule has 0 aliphatic heterocycles. The fraction of sp³-hybridized carbons (Fsp3) is 0.455. The molecule has 1 aromatic carbocycles. The minimum Gasteiger partial charge on any atom is -0.502 e. The molecule has 1 aliphatic rings. The number of nitrogens with two attached hydrogens (primary N) is 1. The summed E-state index contributed by atoms with van der Waals surface area (Å²) in [6, 6.07) is 4.48. The molecule has 1 fully saturated rings. The lowest BCUT2D eigenvalue weighted by Gasteiger charge is -2.03. The summed E-state index contributed by atoms with van der Waals surface area (Å²) in [7, 11) is 0. The summed E-state index contributed by atoms with van der Waals surface area (Å²) in [6.45, 7) is 4.08. The highest BCUT2D eigenvalue weighted by Crippen LogP contribution is 2.57. The molecule has 1 aromatic rings. The fourth-order valence-electron chi connectivity index (χ4n) is 2.20. The Labute approximate surface area is 93.0 Å². The van der Waals surface area contributed by atoms with Crippen molar-refractivity contribution in [2.45, 2.75) is 25.8 Å². The van der Waals surface area contributed by atoms with Crippen LogP contribution >= 0.6 is 0 Å². The van der Waals surface area contributed by atoms with Gasteiger partial charge in [-0.2, -0.15) is 0 Å². The molecule has 0 bridgehead atoms. The maximum Gasteiger partial charge on any atom is 0.310 e. The van der Waals surface area contributed by atoms with Gasteiger partial charge in [0, 0.05) is 18.0 Å². The largest absolute Gasteiger partial charge is 0.502 e. The highest BCUT2D eigenvalue weighted by Gasteiger charge is 2.56. The number of nitro groups is 1. The summed E-state index contributed by atoms with van der Waals surface area (Å²) in [6.07, 6.45) is 0. The van der Waals surface area contributed by atoms with Crippen molar-refractivity contribution in [2.75, 3.05) is 0 Å². The van der Waals surface area contributed by atoms with Gasteiger partial charge in [-0.25, -0.2) is 0 Å². The van der Waals surface area contributed by atoms with Crippen LogP contribution in [-0.2, 0) is 0 Å². The summed E-state index contributed by atoms with van der Waals surface area (Å²) in [5.41, 5.74) is 6.51. The third-order valence-electron chi connectivity index (χ3n) is 3.47. The van der Waals surface area contributed by atoms with Gasteiger partial charge in [0.25, 0.3) is 0 Å². The van der Waals surface area contributed by atoms with Crippen molar-refractivity contribution in [3.05, 3.63) is 33.9 Å². The van der Waals surface area contributed by atoms with Gasteiger partial charge >= 0.3 is 5.69 Å². The predicted octanol–water partition coefficient (Wildman–Crippen LogP) is 1.75. The van der Waals surface area contributed by atoms with Crippen LogP contribution in [0.4, 0.5) is 5.69 Å². The van der Waals surface area contributed by atoms with Crippen LogP contribution in [0.15, 0.2) is 18.2 Å². The zero-order valence-electron chi connectivity index (χ0n) is 9.18. The molecule has 0 saturated heterocycles. The van der Waals surface area contributed by atoms with Crippen LogP contribution in [-0.4, -0.2) is 16.1 Å². The first-order chi connectivity index (χ1) is 7.35. The van der Waals surface area contributed by atoms with Gasteiger partial charge in [0.05, 0.1) is 4.92 Å². The number of nitrogens with zero attached hydrogens (tertiary/aromatic N) is 1. The Morgan fingerprint density at radius 2 is 2.06 bits per heavy atom. The lowest BCUT2D eigenvalue weighted by molar-refractivity contribution is -0.385. The maximum atomic E-state index is 10.5. The number of hydrogen-bond donors (Lipinski definition) is 2. The molecule has 1 aliphatic carbocycles. The molecule has 0 spiro atoms. The lowest BCUT2D eigenvalue weighted by atomic mass is 10.0. The monoisotopic (exact) mass is 222 g/mol. The molecule has 5 nitrogen and oxygen atoms in total. The summed E-state index contributed by atoms with van der Waals surface area (Å²) in [5.74, 6) is -0.128. The van der Waals surface area contributed by atoms with Crippen LogP contribution < -0.4 is 5.73 Å². The second-order valence-electron chi connectivity index (χ2n) is 4.83. The first kappa shape index (κ1) is 10.9. The van der Waals surface area contributed by atoms with E-state index in [9.17, 15) is 15.2 Å². The van der Waals surface area contributed by atoms with E-state index in [0.29, 0.717) is 0 Å². The van der Waals surface area contributed by atoms with Gasteiger partial charge in [0.2, 0.25) is 0 Å². The molecular weight excluding hydrogens is 208 g/mol. The van der Waals surface area contributed by atoms with Crippen LogP contribution in [0.3, 0.4) is 0 Å². The molecule has 16 heavy (non-hydrogen) atoms. The molecule has 0 radical (unpaired) electrons. The lowest BCUT2D eigenvalue weighted by Crippen LogP contribution is -2.06. The topological polar surface area (TPSA) is 89.4 Å². The van der Waals surface area contributed by atoms with E-state index in [2.05, 4.69) is 0 Å². The summed E-state index contributed by atoms with van der Waals surface area (Å²) in [5, 5.41) is 20.0. The number of phenols is 1. The number of phenolic OH excluding ortho intramolecular Hbond substituents is 1. The molecule has 0 heterocycles. The summed E-state index contributed by atoms with van der Waals surface area (Å²) < 4.78 is 0. The Balaban J connectivity index is 2.33. The third-order valence-corrected chi connectivity index (χ3v) is 3.47. The quantitative estimate of drug-likeness (QED) is 0.589. The van der Waals surface area contributed by atoms with Gasteiger partial charge in [0.15, 0.2) is 5.75 Å². The number of aromatic hydroxyl groups is 1. The third kappa shape index (κ3) is 1.44. The van der Waals surface area contributed by atoms with Crippen molar-refractivity contribution in [3.8, 4) is 5.75 Å². The zero-order valence-corrected chi connectivity index (χ0v) is 9.18. The van der Waals surface area contributed by atoms with Crippen molar-refractivity contribution in [3.63, 3.8) is 0 Å². The Kier molecular flexibility index (Phi) is 2.17. The first-order valence-corrected chi connectivity index (χ1v) is 5.08. The van der Waals surface area contributed by atoms with E-state index in [4.69, 9.17) is 5.73 Å². The Hall–Kier alpha value is -1.62. The van der Waals surface area contributed by atoms with Gasteiger partial charge < -0.3 is 10.8 Å². The minimum atomic E-state index is -0.600. The molecule has 1 saturated carbocycles. The van der Waals surface area contributed by atoms with Gasteiger partial charge in [0.1, 0.15) is 0 Å². The maximum absolute atomic E-state index is 10.5. The summed E-state index contributed by atoms with van der Waals surface area (Å²) >= 11 is 0. The molecule has 3 N–H and O–H groups in total. The van der Waals surface area contributed by atoms with Crippen molar-refractivity contribution >= 4 is 5.69 Å². The first-order valence-electron chi connectivity index (χ1n) is 5.08. The highest BCUT2D eigenvalue weighted by molar-refractivity contribution is 5.50. The molecular formula is C11H14N2O3. The second kappa shape index (κ2) is 3.18. The van der Waals surface area contributed by atoms with Gasteiger partial charge in [-0.05, 0) is 17.0 Å². The predicted molar refractivity (Wildman–Crippen MR) is 59.3 cm³/mol. The van der Waals surface area contributed by atoms with Crippen LogP contribution in [0, 0.1) is 15.5 Å². The Bertz CT molecular complexity index is 457. The van der Waals surface area contributed by atoms with E-state index < -0.39 is 4.92 Å². The average Bonchev–Trinajstić information content (AvgIpc) is 2.65. The van der Waals surface area contributed by atoms with E-state index in [0.717, 1.165) is 5.56 Å². The Morgan fingerprint density at radius 1 is 1.50 bits per heavy atom. The van der Waals surface area contributed by atoms with E-state index >= 15 is 0 Å². The minimum absolute atomic E-state index is 0.00255. The zero-order chi connectivity index (χ0) is 12.1. The molecule has 5 heteroatoms. The molecule has 86 valence electrons. The van der Waals surface area contributed by atoms with Gasteiger partial charge in [-0.15, -0.1) is 0 Å². The Morgan fingerprint density at radius 3 is 2.44 bits per heavy atom. The van der Waals surface area contributed by atoms with E-state index in [1.807, 2.05) is 13.8 Å². The van der Waals surface area contributed by atoms with Crippen LogP contribution in [0.1, 0.15) is 25.3 Å². The summed E-state index contributed by atoms with van der Waals surface area (Å²) in [4.78, 5) is 9.93. The number of benzene rings is 1.